The Morgan fingerprint density at radius 3 is 2.67 bits per heavy atom. The van der Waals surface area contributed by atoms with Crippen molar-refractivity contribution >= 4 is 0 Å². The van der Waals surface area contributed by atoms with E-state index in [1.165, 1.54) is 25.7 Å². The summed E-state index contributed by atoms with van der Waals surface area (Å²) in [5.41, 5.74) is 0. The van der Waals surface area contributed by atoms with Gasteiger partial charge in [-0.2, -0.15) is 0 Å². The van der Waals surface area contributed by atoms with Crippen LogP contribution in [0.25, 0.3) is 0 Å². The molecule has 0 radical (unpaired) electrons. The minimum Gasteiger partial charge on any atom is -0.393 e. The molecular formula is C11H22O. The second-order valence-electron chi connectivity index (χ2n) is 4.66. The number of hydrogen-bond acceptors (Lipinski definition) is 1. The molecule has 0 aromatic rings. The highest BCUT2D eigenvalue weighted by atomic mass is 16.3. The molecule has 0 aliphatic heterocycles. The van der Waals surface area contributed by atoms with Gasteiger partial charge in [-0.3, -0.25) is 0 Å². The fourth-order valence-corrected chi connectivity index (χ4v) is 2.09. The van der Waals surface area contributed by atoms with Crippen LogP contribution in [0.2, 0.25) is 0 Å². The molecule has 72 valence electrons. The first-order valence-electron chi connectivity index (χ1n) is 5.36. The second kappa shape index (κ2) is 4.86. The number of aliphatic hydroxyl groups excluding tert-OH is 1. The average Bonchev–Trinajstić information content (AvgIpc) is 2.01. The highest BCUT2D eigenvalue weighted by Gasteiger charge is 2.19. The van der Waals surface area contributed by atoms with Gasteiger partial charge >= 0.3 is 0 Å². The van der Waals surface area contributed by atoms with E-state index in [9.17, 15) is 5.11 Å². The molecular weight excluding hydrogens is 148 g/mol. The van der Waals surface area contributed by atoms with E-state index in [2.05, 4.69) is 13.8 Å². The highest BCUT2D eigenvalue weighted by molar-refractivity contribution is 4.72. The molecule has 1 fully saturated rings. The predicted octanol–water partition coefficient (Wildman–Crippen LogP) is 2.97. The fraction of sp³-hybridized carbons (Fsp3) is 1.00. The largest absolute Gasteiger partial charge is 0.393 e. The highest BCUT2D eigenvalue weighted by Crippen LogP contribution is 2.28. The Morgan fingerprint density at radius 1 is 1.33 bits per heavy atom. The SMILES string of the molecule is CC(C)CC[C@@H]1CCC[C@@H](O)C1. The number of aliphatic hydroxyl groups is 1. The predicted molar refractivity (Wildman–Crippen MR) is 52.0 cm³/mol. The summed E-state index contributed by atoms with van der Waals surface area (Å²) < 4.78 is 0. The maximum Gasteiger partial charge on any atom is 0.0542 e. The Kier molecular flexibility index (Phi) is 4.07. The minimum absolute atomic E-state index is 0.0101. The molecule has 1 N–H and O–H groups in total. The molecule has 0 heterocycles. The molecule has 1 aliphatic rings. The first-order chi connectivity index (χ1) is 5.68. The number of hydrogen-bond donors (Lipinski definition) is 1. The summed E-state index contributed by atoms with van der Waals surface area (Å²) in [4.78, 5) is 0. The normalized spacial score (nSPS) is 31.0. The van der Waals surface area contributed by atoms with Gasteiger partial charge in [0.2, 0.25) is 0 Å². The fourth-order valence-electron chi connectivity index (χ4n) is 2.09. The van der Waals surface area contributed by atoms with E-state index < -0.39 is 0 Å². The summed E-state index contributed by atoms with van der Waals surface area (Å²) in [5.74, 6) is 1.64. The first-order valence-corrected chi connectivity index (χ1v) is 5.36. The molecule has 1 saturated carbocycles. The summed E-state index contributed by atoms with van der Waals surface area (Å²) in [6.45, 7) is 4.55. The molecule has 0 amide bonds. The zero-order chi connectivity index (χ0) is 8.97. The van der Waals surface area contributed by atoms with Crippen molar-refractivity contribution < 1.29 is 5.11 Å². The van der Waals surface area contributed by atoms with Crippen LogP contribution in [-0.2, 0) is 0 Å². The molecule has 2 atom stereocenters. The third-order valence-corrected chi connectivity index (χ3v) is 2.91. The number of rotatable bonds is 3. The maximum absolute atomic E-state index is 9.44. The first kappa shape index (κ1) is 10.0. The van der Waals surface area contributed by atoms with Gasteiger partial charge in [0.1, 0.15) is 0 Å². The van der Waals surface area contributed by atoms with Gasteiger partial charge in [0.05, 0.1) is 6.10 Å². The quantitative estimate of drug-likeness (QED) is 0.690. The summed E-state index contributed by atoms with van der Waals surface area (Å²) in [6, 6.07) is 0. The van der Waals surface area contributed by atoms with E-state index in [1.807, 2.05) is 0 Å². The lowest BCUT2D eigenvalue weighted by molar-refractivity contribution is 0.0964. The zero-order valence-corrected chi connectivity index (χ0v) is 8.42. The topological polar surface area (TPSA) is 20.2 Å². The molecule has 1 heteroatoms. The molecule has 0 spiro atoms. The Hall–Kier alpha value is -0.0400. The summed E-state index contributed by atoms with van der Waals surface area (Å²) in [5, 5.41) is 9.44. The van der Waals surface area contributed by atoms with Crippen LogP contribution in [0.15, 0.2) is 0 Å². The van der Waals surface area contributed by atoms with Gasteiger partial charge in [0.25, 0.3) is 0 Å². The maximum atomic E-state index is 9.44. The van der Waals surface area contributed by atoms with E-state index in [0.29, 0.717) is 0 Å². The van der Waals surface area contributed by atoms with Gasteiger partial charge in [-0.25, -0.2) is 0 Å². The summed E-state index contributed by atoms with van der Waals surface area (Å²) in [7, 11) is 0. The van der Waals surface area contributed by atoms with Gasteiger partial charge in [0.15, 0.2) is 0 Å². The molecule has 0 bridgehead atoms. The van der Waals surface area contributed by atoms with E-state index in [-0.39, 0.29) is 6.10 Å². The minimum atomic E-state index is 0.0101. The van der Waals surface area contributed by atoms with Crippen LogP contribution in [0.1, 0.15) is 52.4 Å². The lowest BCUT2D eigenvalue weighted by Gasteiger charge is -2.26. The van der Waals surface area contributed by atoms with Crippen LogP contribution >= 0.6 is 0 Å². The van der Waals surface area contributed by atoms with Gasteiger partial charge in [-0.1, -0.05) is 39.5 Å². The molecule has 0 saturated heterocycles. The van der Waals surface area contributed by atoms with Crippen LogP contribution < -0.4 is 0 Å². The van der Waals surface area contributed by atoms with Crippen molar-refractivity contribution in [3.63, 3.8) is 0 Å². The monoisotopic (exact) mass is 170 g/mol. The van der Waals surface area contributed by atoms with Crippen molar-refractivity contribution in [3.05, 3.63) is 0 Å². The van der Waals surface area contributed by atoms with Crippen LogP contribution in [0.3, 0.4) is 0 Å². The average molecular weight is 170 g/mol. The molecule has 1 aliphatic carbocycles. The standard InChI is InChI=1S/C11H22O/c1-9(2)6-7-10-4-3-5-11(12)8-10/h9-12H,3-8H2,1-2H3/t10-,11+/m0/s1. The van der Waals surface area contributed by atoms with Gasteiger partial charge in [0, 0.05) is 0 Å². The van der Waals surface area contributed by atoms with Crippen molar-refractivity contribution in [2.45, 2.75) is 58.5 Å². The van der Waals surface area contributed by atoms with E-state index >= 15 is 0 Å². The zero-order valence-electron chi connectivity index (χ0n) is 8.42. The smallest absolute Gasteiger partial charge is 0.0542 e. The molecule has 0 aromatic heterocycles. The van der Waals surface area contributed by atoms with Crippen LogP contribution in [-0.4, -0.2) is 11.2 Å². The third-order valence-electron chi connectivity index (χ3n) is 2.91. The van der Waals surface area contributed by atoms with E-state index in [4.69, 9.17) is 0 Å². The molecule has 12 heavy (non-hydrogen) atoms. The Bertz CT molecular complexity index is 120. The summed E-state index contributed by atoms with van der Waals surface area (Å²) >= 11 is 0. The van der Waals surface area contributed by atoms with Crippen LogP contribution in [0.4, 0.5) is 0 Å². The summed E-state index contributed by atoms with van der Waals surface area (Å²) in [6.07, 6.45) is 7.36. The van der Waals surface area contributed by atoms with Crippen molar-refractivity contribution in [2.75, 3.05) is 0 Å². The van der Waals surface area contributed by atoms with Gasteiger partial charge < -0.3 is 5.11 Å². The Labute approximate surface area is 76.2 Å². The van der Waals surface area contributed by atoms with Crippen LogP contribution in [0.5, 0.6) is 0 Å². The lowest BCUT2D eigenvalue weighted by atomic mass is 9.83. The van der Waals surface area contributed by atoms with E-state index in [1.54, 1.807) is 0 Å². The Balaban J connectivity index is 2.14. The lowest BCUT2D eigenvalue weighted by Crippen LogP contribution is -2.19. The van der Waals surface area contributed by atoms with Crippen molar-refractivity contribution in [1.29, 1.82) is 0 Å². The molecule has 0 aromatic carbocycles. The second-order valence-corrected chi connectivity index (χ2v) is 4.66. The molecule has 1 nitrogen and oxygen atoms in total. The Morgan fingerprint density at radius 2 is 2.08 bits per heavy atom. The van der Waals surface area contributed by atoms with Crippen LogP contribution in [0, 0.1) is 11.8 Å². The van der Waals surface area contributed by atoms with Gasteiger partial charge in [-0.15, -0.1) is 0 Å². The van der Waals surface area contributed by atoms with Crippen molar-refractivity contribution in [2.24, 2.45) is 11.8 Å². The van der Waals surface area contributed by atoms with Gasteiger partial charge in [-0.05, 0) is 24.7 Å². The third kappa shape index (κ3) is 3.57. The van der Waals surface area contributed by atoms with E-state index in [0.717, 1.165) is 24.7 Å². The van der Waals surface area contributed by atoms with Crippen molar-refractivity contribution in [3.8, 4) is 0 Å². The molecule has 1 rings (SSSR count). The molecule has 0 unspecified atom stereocenters. The van der Waals surface area contributed by atoms with Crippen molar-refractivity contribution in [1.82, 2.24) is 0 Å².